The molecule has 0 unspecified atom stereocenters. The molecule has 3 rings (SSSR count). The fraction of sp³-hybridized carbons (Fsp3) is 0.143. The smallest absolute Gasteiger partial charge is 0.221 e. The van der Waals surface area contributed by atoms with Gasteiger partial charge in [0.2, 0.25) is 5.88 Å². The van der Waals surface area contributed by atoms with Crippen LogP contribution in [0.1, 0.15) is 0 Å². The highest BCUT2D eigenvalue weighted by molar-refractivity contribution is 5.70. The van der Waals surface area contributed by atoms with Gasteiger partial charge in [-0.2, -0.15) is 5.10 Å². The Morgan fingerprint density at radius 1 is 1.10 bits per heavy atom. The van der Waals surface area contributed by atoms with Crippen LogP contribution in [0.15, 0.2) is 36.7 Å². The van der Waals surface area contributed by atoms with Crippen molar-refractivity contribution in [3.05, 3.63) is 36.7 Å². The maximum Gasteiger partial charge on any atom is 0.221 e. The third kappa shape index (κ3) is 2.53. The maximum atomic E-state index is 5.36. The van der Waals surface area contributed by atoms with Gasteiger partial charge < -0.3 is 10.1 Å². The zero-order valence-electron chi connectivity index (χ0n) is 11.7. The lowest BCUT2D eigenvalue weighted by Crippen LogP contribution is -1.98. The van der Waals surface area contributed by atoms with Gasteiger partial charge in [-0.15, -0.1) is 10.2 Å². The molecule has 0 atom stereocenters. The van der Waals surface area contributed by atoms with E-state index in [4.69, 9.17) is 4.74 Å². The summed E-state index contributed by atoms with van der Waals surface area (Å²) in [7, 11) is 3.39. The van der Waals surface area contributed by atoms with Gasteiger partial charge in [0.1, 0.15) is 11.5 Å². The number of hydrogen-bond acceptors (Lipinski definition) is 6. The molecule has 0 fully saturated rings. The Balaban J connectivity index is 2.00. The molecule has 7 nitrogen and oxygen atoms in total. The molecule has 0 bridgehead atoms. The zero-order valence-corrected chi connectivity index (χ0v) is 11.7. The van der Waals surface area contributed by atoms with Crippen LogP contribution in [0.25, 0.3) is 22.5 Å². The average Bonchev–Trinajstić information content (AvgIpc) is 3.08. The van der Waals surface area contributed by atoms with Gasteiger partial charge in [0.05, 0.1) is 19.0 Å². The van der Waals surface area contributed by atoms with Crippen molar-refractivity contribution in [1.29, 1.82) is 0 Å². The van der Waals surface area contributed by atoms with Crippen molar-refractivity contribution in [1.82, 2.24) is 25.4 Å². The Morgan fingerprint density at radius 3 is 2.57 bits per heavy atom. The minimum Gasteiger partial charge on any atom is -0.481 e. The molecule has 0 aliphatic heterocycles. The highest BCUT2D eigenvalue weighted by Crippen LogP contribution is 2.29. The third-order valence-corrected chi connectivity index (χ3v) is 3.05. The summed E-state index contributed by atoms with van der Waals surface area (Å²) in [5.74, 6) is 1.23. The summed E-state index contributed by atoms with van der Waals surface area (Å²) in [5.41, 5.74) is 3.18. The number of pyridine rings is 1. The number of ether oxygens (including phenoxy) is 1. The highest BCUT2D eigenvalue weighted by Gasteiger charge is 2.11. The Labute approximate surface area is 121 Å². The predicted molar refractivity (Wildman–Crippen MR) is 78.9 cm³/mol. The first-order valence-electron chi connectivity index (χ1n) is 6.38. The predicted octanol–water partition coefficient (Wildman–Crippen LogP) is 1.98. The summed E-state index contributed by atoms with van der Waals surface area (Å²) in [6, 6.07) is 7.52. The van der Waals surface area contributed by atoms with Gasteiger partial charge in [0, 0.05) is 24.4 Å². The van der Waals surface area contributed by atoms with Crippen molar-refractivity contribution in [2.75, 3.05) is 19.5 Å². The van der Waals surface area contributed by atoms with Crippen molar-refractivity contribution < 1.29 is 4.74 Å². The molecule has 0 spiro atoms. The van der Waals surface area contributed by atoms with E-state index in [2.05, 4.69) is 30.7 Å². The van der Waals surface area contributed by atoms with Crippen molar-refractivity contribution >= 4 is 5.82 Å². The van der Waals surface area contributed by atoms with E-state index in [1.165, 1.54) is 0 Å². The molecule has 21 heavy (non-hydrogen) atoms. The lowest BCUT2D eigenvalue weighted by atomic mass is 10.1. The van der Waals surface area contributed by atoms with Crippen LogP contribution < -0.4 is 10.1 Å². The van der Waals surface area contributed by atoms with E-state index < -0.39 is 0 Å². The first-order chi connectivity index (χ1) is 10.3. The number of aromatic nitrogens is 5. The normalized spacial score (nSPS) is 10.4. The second kappa shape index (κ2) is 5.58. The van der Waals surface area contributed by atoms with Crippen LogP contribution in [0, 0.1) is 0 Å². The van der Waals surface area contributed by atoms with Crippen LogP contribution in [-0.4, -0.2) is 39.5 Å². The maximum absolute atomic E-state index is 5.36. The Hall–Kier alpha value is -2.96. The van der Waals surface area contributed by atoms with Gasteiger partial charge in [-0.05, 0) is 24.3 Å². The molecule has 0 aliphatic rings. The van der Waals surface area contributed by atoms with Gasteiger partial charge >= 0.3 is 0 Å². The van der Waals surface area contributed by atoms with E-state index in [1.54, 1.807) is 26.6 Å². The Morgan fingerprint density at radius 2 is 1.95 bits per heavy atom. The van der Waals surface area contributed by atoms with Crippen LogP contribution in [-0.2, 0) is 0 Å². The van der Waals surface area contributed by atoms with E-state index in [0.29, 0.717) is 23.1 Å². The molecule has 0 radical (unpaired) electrons. The fourth-order valence-corrected chi connectivity index (χ4v) is 1.96. The highest BCUT2D eigenvalue weighted by atomic mass is 16.5. The SMILES string of the molecule is CNc1ccc(-c2ccc(-c3cn[nH]c3)c(OC)n2)nn1. The summed E-state index contributed by atoms with van der Waals surface area (Å²) in [6.07, 6.45) is 3.52. The zero-order chi connectivity index (χ0) is 14.7. The van der Waals surface area contributed by atoms with E-state index >= 15 is 0 Å². The van der Waals surface area contributed by atoms with Crippen LogP contribution in [0.4, 0.5) is 5.82 Å². The van der Waals surface area contributed by atoms with E-state index in [-0.39, 0.29) is 0 Å². The van der Waals surface area contributed by atoms with Crippen molar-refractivity contribution in [3.63, 3.8) is 0 Å². The average molecular weight is 282 g/mol. The van der Waals surface area contributed by atoms with Crippen molar-refractivity contribution in [2.24, 2.45) is 0 Å². The van der Waals surface area contributed by atoms with Gasteiger partial charge in [-0.25, -0.2) is 4.98 Å². The topological polar surface area (TPSA) is 88.6 Å². The molecule has 0 saturated heterocycles. The lowest BCUT2D eigenvalue weighted by molar-refractivity contribution is 0.400. The Kier molecular flexibility index (Phi) is 3.46. The van der Waals surface area contributed by atoms with E-state index in [1.807, 2.05) is 24.3 Å². The standard InChI is InChI=1S/C14H14N6O/c1-15-13-6-5-12(19-20-13)11-4-3-10(14(18-11)21-2)9-7-16-17-8-9/h3-8H,1-2H3,(H,15,20)(H,16,17). The lowest BCUT2D eigenvalue weighted by Gasteiger charge is -2.08. The number of anilines is 1. The molecule has 0 aliphatic carbocycles. The summed E-state index contributed by atoms with van der Waals surface area (Å²) in [5, 5.41) is 17.8. The van der Waals surface area contributed by atoms with E-state index in [0.717, 1.165) is 11.1 Å². The molecule has 3 aromatic heterocycles. The molecule has 0 aromatic carbocycles. The Bertz CT molecular complexity index is 724. The van der Waals surface area contributed by atoms with Crippen LogP contribution in [0.3, 0.4) is 0 Å². The monoisotopic (exact) mass is 282 g/mol. The van der Waals surface area contributed by atoms with Crippen molar-refractivity contribution in [3.8, 4) is 28.4 Å². The summed E-state index contributed by atoms with van der Waals surface area (Å²) in [6.45, 7) is 0. The molecule has 0 saturated carbocycles. The minimum atomic E-state index is 0.522. The van der Waals surface area contributed by atoms with E-state index in [9.17, 15) is 0 Å². The quantitative estimate of drug-likeness (QED) is 0.760. The van der Waals surface area contributed by atoms with Crippen LogP contribution in [0.2, 0.25) is 0 Å². The van der Waals surface area contributed by atoms with Gasteiger partial charge in [0.25, 0.3) is 0 Å². The number of aromatic amines is 1. The van der Waals surface area contributed by atoms with Gasteiger partial charge in [0.15, 0.2) is 0 Å². The van der Waals surface area contributed by atoms with Crippen LogP contribution >= 0.6 is 0 Å². The second-order valence-corrected chi connectivity index (χ2v) is 4.29. The molecule has 3 heterocycles. The summed E-state index contributed by atoms with van der Waals surface area (Å²) >= 11 is 0. The largest absolute Gasteiger partial charge is 0.481 e. The molecule has 0 amide bonds. The number of nitrogens with zero attached hydrogens (tertiary/aromatic N) is 4. The van der Waals surface area contributed by atoms with Crippen molar-refractivity contribution in [2.45, 2.75) is 0 Å². The third-order valence-electron chi connectivity index (χ3n) is 3.05. The second-order valence-electron chi connectivity index (χ2n) is 4.29. The first kappa shape index (κ1) is 13.0. The van der Waals surface area contributed by atoms with Gasteiger partial charge in [-0.3, -0.25) is 5.10 Å². The summed E-state index contributed by atoms with van der Waals surface area (Å²) in [4.78, 5) is 4.49. The molecular formula is C14H14N6O. The fourth-order valence-electron chi connectivity index (χ4n) is 1.96. The number of methoxy groups -OCH3 is 1. The molecular weight excluding hydrogens is 268 g/mol. The number of H-pyrrole nitrogens is 1. The first-order valence-corrected chi connectivity index (χ1v) is 6.38. The molecule has 7 heteroatoms. The van der Waals surface area contributed by atoms with Crippen LogP contribution in [0.5, 0.6) is 5.88 Å². The number of hydrogen-bond donors (Lipinski definition) is 2. The van der Waals surface area contributed by atoms with Gasteiger partial charge in [-0.1, -0.05) is 0 Å². The number of rotatable bonds is 4. The number of nitrogens with one attached hydrogen (secondary N) is 2. The minimum absolute atomic E-state index is 0.522. The molecule has 106 valence electrons. The molecule has 2 N–H and O–H groups in total. The molecule has 3 aromatic rings. The summed E-state index contributed by atoms with van der Waals surface area (Å²) < 4.78 is 5.36.